The smallest absolute Gasteiger partial charge is 0.364 e. The van der Waals surface area contributed by atoms with Crippen LogP contribution in [0.15, 0.2) is 53.3 Å². The van der Waals surface area contributed by atoms with Gasteiger partial charge >= 0.3 is 11.9 Å². The molecular weight excluding hydrogens is 400 g/mol. The number of aromatic nitrogens is 2. The maximum atomic E-state index is 13.0. The number of methoxy groups -OCH3 is 2. The number of hydrogen-bond donors (Lipinski definition) is 0. The monoisotopic (exact) mass is 422 g/mol. The summed E-state index contributed by atoms with van der Waals surface area (Å²) in [7, 11) is 2.73. The number of hydrogen-bond acceptors (Lipinski definition) is 7. The Hall–Kier alpha value is -3.94. The quantitative estimate of drug-likeness (QED) is 0.341. The molecule has 31 heavy (non-hydrogen) atoms. The largest absolute Gasteiger partial charge is 0.493 e. The summed E-state index contributed by atoms with van der Waals surface area (Å²) in [6, 6.07) is 11.3. The molecular formula is C23H22N2O6. The van der Waals surface area contributed by atoms with Gasteiger partial charge in [-0.1, -0.05) is 24.3 Å². The molecule has 8 heteroatoms. The van der Waals surface area contributed by atoms with E-state index in [9.17, 15) is 14.4 Å². The van der Waals surface area contributed by atoms with Crippen LogP contribution in [-0.2, 0) is 9.53 Å². The molecule has 0 atom stereocenters. The van der Waals surface area contributed by atoms with Gasteiger partial charge in [0.15, 0.2) is 17.2 Å². The number of ether oxygens (including phenoxy) is 3. The van der Waals surface area contributed by atoms with E-state index in [4.69, 9.17) is 9.47 Å². The summed E-state index contributed by atoms with van der Waals surface area (Å²) < 4.78 is 16.7. The van der Waals surface area contributed by atoms with Gasteiger partial charge in [0.1, 0.15) is 0 Å². The Kier molecular flexibility index (Phi) is 6.49. The first-order chi connectivity index (χ1) is 14.8. The van der Waals surface area contributed by atoms with E-state index in [1.54, 1.807) is 48.5 Å². The van der Waals surface area contributed by atoms with Crippen LogP contribution in [0.5, 0.6) is 11.5 Å². The van der Waals surface area contributed by atoms with Gasteiger partial charge in [-0.3, -0.25) is 4.79 Å². The highest BCUT2D eigenvalue weighted by atomic mass is 16.6. The molecule has 0 radical (unpaired) electrons. The first-order valence-corrected chi connectivity index (χ1v) is 9.53. The Morgan fingerprint density at radius 1 is 1.03 bits per heavy atom. The molecule has 0 saturated heterocycles. The summed E-state index contributed by atoms with van der Waals surface area (Å²) in [6.45, 7) is 3.61. The summed E-state index contributed by atoms with van der Waals surface area (Å²) in [5.41, 5.74) is 0.404. The van der Waals surface area contributed by atoms with Crippen molar-refractivity contribution in [1.82, 2.24) is 9.78 Å². The van der Waals surface area contributed by atoms with Crippen molar-refractivity contribution in [2.45, 2.75) is 19.9 Å². The average Bonchev–Trinajstić information content (AvgIpc) is 2.78. The Morgan fingerprint density at radius 3 is 2.39 bits per heavy atom. The van der Waals surface area contributed by atoms with Crippen molar-refractivity contribution in [2.24, 2.45) is 0 Å². The first kappa shape index (κ1) is 21.8. The summed E-state index contributed by atoms with van der Waals surface area (Å²) >= 11 is 0. The number of benzene rings is 2. The van der Waals surface area contributed by atoms with E-state index in [-0.39, 0.29) is 23.0 Å². The molecule has 0 unspecified atom stereocenters. The first-order valence-electron chi connectivity index (χ1n) is 9.53. The van der Waals surface area contributed by atoms with Crippen molar-refractivity contribution >= 4 is 28.8 Å². The number of rotatable bonds is 6. The number of fused-ring (bicyclic) bond motifs is 1. The number of carbonyl (C=O) groups excluding carboxylic acids is 2. The number of nitrogens with zero attached hydrogens (tertiary/aromatic N) is 2. The van der Waals surface area contributed by atoms with Crippen LogP contribution < -0.4 is 15.0 Å². The standard InChI is InChI=1S/C23H22N2O6/c1-14(2)25-22(27)17-8-6-5-7-16(17)21(24-25)23(28)31-18-11-9-15(13-19(18)29-3)10-12-20(26)30-4/h5-14H,1-4H3/b12-10+. The highest BCUT2D eigenvalue weighted by Gasteiger charge is 2.21. The van der Waals surface area contributed by atoms with Crippen LogP contribution in [0, 0.1) is 0 Å². The molecule has 0 aliphatic rings. The van der Waals surface area contributed by atoms with Crippen LogP contribution in [0.4, 0.5) is 0 Å². The van der Waals surface area contributed by atoms with Gasteiger partial charge in [-0.2, -0.15) is 5.10 Å². The summed E-state index contributed by atoms with van der Waals surface area (Å²) in [5.74, 6) is -0.743. The zero-order valence-corrected chi connectivity index (χ0v) is 17.6. The highest BCUT2D eigenvalue weighted by Crippen LogP contribution is 2.30. The lowest BCUT2D eigenvalue weighted by molar-refractivity contribution is -0.134. The van der Waals surface area contributed by atoms with Gasteiger partial charge in [0.25, 0.3) is 5.56 Å². The van der Waals surface area contributed by atoms with Gasteiger partial charge in [-0.05, 0) is 43.7 Å². The third-order valence-electron chi connectivity index (χ3n) is 4.51. The van der Waals surface area contributed by atoms with Gasteiger partial charge in [0, 0.05) is 11.5 Å². The van der Waals surface area contributed by atoms with Gasteiger partial charge in [-0.15, -0.1) is 0 Å². The molecule has 0 aliphatic heterocycles. The molecule has 1 heterocycles. The molecule has 1 aromatic heterocycles. The lowest BCUT2D eigenvalue weighted by atomic mass is 10.1. The van der Waals surface area contributed by atoms with Crippen LogP contribution in [0.1, 0.15) is 35.9 Å². The van der Waals surface area contributed by atoms with Crippen LogP contribution in [0.25, 0.3) is 16.8 Å². The van der Waals surface area contributed by atoms with E-state index >= 15 is 0 Å². The third kappa shape index (κ3) is 4.63. The van der Waals surface area contributed by atoms with Crippen molar-refractivity contribution in [1.29, 1.82) is 0 Å². The molecule has 0 bridgehead atoms. The molecule has 8 nitrogen and oxygen atoms in total. The molecule has 0 spiro atoms. The molecule has 3 rings (SSSR count). The molecule has 0 amide bonds. The molecule has 0 fully saturated rings. The molecule has 0 saturated carbocycles. The van der Waals surface area contributed by atoms with Crippen molar-refractivity contribution in [2.75, 3.05) is 14.2 Å². The highest BCUT2D eigenvalue weighted by molar-refractivity contribution is 6.03. The lowest BCUT2D eigenvalue weighted by Gasteiger charge is -2.14. The van der Waals surface area contributed by atoms with E-state index in [1.807, 2.05) is 13.8 Å². The molecule has 0 N–H and O–H groups in total. The minimum absolute atomic E-state index is 0.0283. The zero-order chi connectivity index (χ0) is 22.5. The second-order valence-electron chi connectivity index (χ2n) is 6.89. The molecule has 160 valence electrons. The Labute approximate surface area is 178 Å². The maximum Gasteiger partial charge on any atom is 0.364 e. The van der Waals surface area contributed by atoms with E-state index in [0.717, 1.165) is 0 Å². The molecule has 0 aliphatic carbocycles. The van der Waals surface area contributed by atoms with Crippen molar-refractivity contribution in [3.8, 4) is 11.5 Å². The number of carbonyl (C=O) groups is 2. The minimum atomic E-state index is -0.721. The average molecular weight is 422 g/mol. The molecule has 3 aromatic rings. The van der Waals surface area contributed by atoms with Crippen molar-refractivity contribution < 1.29 is 23.8 Å². The van der Waals surface area contributed by atoms with Gasteiger partial charge in [-0.25, -0.2) is 14.3 Å². The van der Waals surface area contributed by atoms with Crippen LogP contribution >= 0.6 is 0 Å². The van der Waals surface area contributed by atoms with Crippen LogP contribution in [0.3, 0.4) is 0 Å². The third-order valence-corrected chi connectivity index (χ3v) is 4.51. The number of esters is 2. The van der Waals surface area contributed by atoms with Gasteiger partial charge < -0.3 is 14.2 Å². The second-order valence-corrected chi connectivity index (χ2v) is 6.89. The lowest BCUT2D eigenvalue weighted by Crippen LogP contribution is -2.28. The second kappa shape index (κ2) is 9.25. The predicted octanol–water partition coefficient (Wildman–Crippen LogP) is 3.39. The fraction of sp³-hybridized carbons (Fsp3) is 0.217. The topological polar surface area (TPSA) is 96.7 Å². The van der Waals surface area contributed by atoms with E-state index in [0.29, 0.717) is 22.1 Å². The van der Waals surface area contributed by atoms with Gasteiger partial charge in [0.05, 0.1) is 25.6 Å². The van der Waals surface area contributed by atoms with E-state index in [2.05, 4.69) is 9.84 Å². The Bertz CT molecular complexity index is 1230. The summed E-state index contributed by atoms with van der Waals surface area (Å²) in [5, 5.41) is 5.04. The fourth-order valence-corrected chi connectivity index (χ4v) is 2.96. The maximum absolute atomic E-state index is 13.0. The summed E-state index contributed by atoms with van der Waals surface area (Å²) in [4.78, 5) is 36.9. The molecule has 2 aromatic carbocycles. The van der Waals surface area contributed by atoms with Crippen molar-refractivity contribution in [3.05, 3.63) is 70.2 Å². The Morgan fingerprint density at radius 2 is 1.74 bits per heavy atom. The van der Waals surface area contributed by atoms with Gasteiger partial charge in [0.2, 0.25) is 0 Å². The van der Waals surface area contributed by atoms with E-state index < -0.39 is 11.9 Å². The Balaban J connectivity index is 1.99. The van der Waals surface area contributed by atoms with Crippen LogP contribution in [0.2, 0.25) is 0 Å². The van der Waals surface area contributed by atoms with E-state index in [1.165, 1.54) is 25.0 Å². The van der Waals surface area contributed by atoms with Crippen LogP contribution in [-0.4, -0.2) is 35.9 Å². The normalized spacial score (nSPS) is 11.1. The fourth-order valence-electron chi connectivity index (χ4n) is 2.96. The minimum Gasteiger partial charge on any atom is -0.493 e. The predicted molar refractivity (Wildman–Crippen MR) is 115 cm³/mol. The van der Waals surface area contributed by atoms with Crippen molar-refractivity contribution in [3.63, 3.8) is 0 Å². The SMILES string of the molecule is COC(=O)/C=C/c1ccc(OC(=O)c2nn(C(C)C)c(=O)c3ccccc23)c(OC)c1. The zero-order valence-electron chi connectivity index (χ0n) is 17.6. The summed E-state index contributed by atoms with van der Waals surface area (Å²) in [6.07, 6.45) is 2.82.